The van der Waals surface area contributed by atoms with Gasteiger partial charge in [-0.05, 0) is 51.7 Å². The molecular formula is C28H33N7O8S2. The van der Waals surface area contributed by atoms with Gasteiger partial charge in [0.1, 0.15) is 29.3 Å². The Morgan fingerprint density at radius 3 is 2.51 bits per heavy atom. The number of anilines is 1. The summed E-state index contributed by atoms with van der Waals surface area (Å²) in [7, 11) is 0. The maximum Gasteiger partial charge on any atom is 0.342 e. The van der Waals surface area contributed by atoms with E-state index in [1.165, 1.54) is 28.8 Å². The predicted molar refractivity (Wildman–Crippen MR) is 163 cm³/mol. The van der Waals surface area contributed by atoms with Crippen molar-refractivity contribution in [2.24, 2.45) is 10.9 Å². The Balaban J connectivity index is 1.28. The molecular weight excluding hydrogens is 626 g/mol. The maximum atomic E-state index is 13.5. The van der Waals surface area contributed by atoms with Gasteiger partial charge >= 0.3 is 18.4 Å². The lowest BCUT2D eigenvalue weighted by atomic mass is 9.96. The summed E-state index contributed by atoms with van der Waals surface area (Å²) < 4.78 is 9.76. The van der Waals surface area contributed by atoms with Gasteiger partial charge in [0.15, 0.2) is 10.8 Å². The number of rotatable bonds is 11. The SMILES string of the molecule is CC1(C)S[C@@H]2[C@@H](NC(=O)/C(=N\OC3CCCC3)c3csc(N)n3)C(=O)N2[C@H]1C(=O)OC(NC(=O)CN)OC(=O)c1ccccc1. The molecule has 1 aliphatic carbocycles. The van der Waals surface area contributed by atoms with Gasteiger partial charge in [0.05, 0.1) is 12.1 Å². The van der Waals surface area contributed by atoms with Gasteiger partial charge in [0.25, 0.3) is 5.91 Å². The summed E-state index contributed by atoms with van der Waals surface area (Å²) in [6.07, 6.45) is 1.73. The highest BCUT2D eigenvalue weighted by atomic mass is 32.2. The van der Waals surface area contributed by atoms with E-state index in [0.717, 1.165) is 37.0 Å². The Bertz CT molecular complexity index is 1490. The number of nitrogens with two attached hydrogens (primary N) is 2. The molecule has 240 valence electrons. The van der Waals surface area contributed by atoms with Crippen LogP contribution >= 0.6 is 23.1 Å². The van der Waals surface area contributed by atoms with Gasteiger partial charge in [0.2, 0.25) is 11.8 Å². The summed E-state index contributed by atoms with van der Waals surface area (Å²) in [5.74, 6) is -3.75. The minimum absolute atomic E-state index is 0.113. The standard InChI is InChI=1S/C28H33N7O8S2/c1-28(2)20(25(40)42-27(32-17(36)12-29)41-24(39)14-8-4-3-5-9-14)35-22(38)19(23(35)45-28)33-21(37)18(16-13-44-26(30)31-16)34-43-15-10-6-7-11-15/h3-5,8-9,13,15,19-20,23,27H,6-7,10-12,29H2,1-2H3,(H2,30,31)(H,32,36)(H,33,37)/b34-18-/t19-,20-,23+,27?/m0/s1. The molecule has 5 rings (SSSR count). The van der Waals surface area contributed by atoms with Crippen LogP contribution in [0.2, 0.25) is 0 Å². The molecule has 0 radical (unpaired) electrons. The number of thiazole rings is 1. The number of aromatic nitrogens is 1. The van der Waals surface area contributed by atoms with Crippen molar-refractivity contribution in [2.45, 2.75) is 74.3 Å². The first kappa shape index (κ1) is 32.2. The van der Waals surface area contributed by atoms with E-state index in [4.69, 9.17) is 25.8 Å². The predicted octanol–water partition coefficient (Wildman–Crippen LogP) is 0.694. The number of ether oxygens (including phenoxy) is 2. The second-order valence-corrected chi connectivity index (χ2v) is 13.7. The quantitative estimate of drug-likeness (QED) is 0.0862. The van der Waals surface area contributed by atoms with Crippen LogP contribution < -0.4 is 22.1 Å². The van der Waals surface area contributed by atoms with Crippen LogP contribution in [0.1, 0.15) is 55.6 Å². The Morgan fingerprint density at radius 1 is 1.16 bits per heavy atom. The zero-order valence-electron chi connectivity index (χ0n) is 24.5. The molecule has 0 spiro atoms. The zero-order chi connectivity index (χ0) is 32.3. The smallest absolute Gasteiger partial charge is 0.342 e. The lowest BCUT2D eigenvalue weighted by molar-refractivity contribution is -0.186. The first-order valence-electron chi connectivity index (χ1n) is 14.2. The topological polar surface area (TPSA) is 218 Å². The van der Waals surface area contributed by atoms with Gasteiger partial charge in [-0.3, -0.25) is 19.7 Å². The molecule has 0 bridgehead atoms. The fourth-order valence-electron chi connectivity index (χ4n) is 5.24. The van der Waals surface area contributed by atoms with E-state index < -0.39 is 64.8 Å². The number of thioether (sulfide) groups is 1. The summed E-state index contributed by atoms with van der Waals surface area (Å²) in [5.41, 5.74) is 11.4. The summed E-state index contributed by atoms with van der Waals surface area (Å²) in [6, 6.07) is 5.77. The van der Waals surface area contributed by atoms with E-state index in [0.29, 0.717) is 0 Å². The van der Waals surface area contributed by atoms with Crippen molar-refractivity contribution in [2.75, 3.05) is 12.3 Å². The van der Waals surface area contributed by atoms with Crippen molar-refractivity contribution in [3.63, 3.8) is 0 Å². The number of carbonyl (C=O) groups excluding carboxylic acids is 5. The Kier molecular flexibility index (Phi) is 9.59. The third-order valence-electron chi connectivity index (χ3n) is 7.44. The van der Waals surface area contributed by atoms with Crippen molar-refractivity contribution >= 4 is 63.6 Å². The zero-order valence-corrected chi connectivity index (χ0v) is 26.1. The molecule has 17 heteroatoms. The molecule has 45 heavy (non-hydrogen) atoms. The molecule has 2 aliphatic heterocycles. The largest absolute Gasteiger partial charge is 0.404 e. The summed E-state index contributed by atoms with van der Waals surface area (Å²) in [5, 5.41) is 10.2. The van der Waals surface area contributed by atoms with Crippen molar-refractivity contribution in [1.29, 1.82) is 0 Å². The highest BCUT2D eigenvalue weighted by Gasteiger charge is 2.65. The number of nitrogens with zero attached hydrogens (tertiary/aromatic N) is 3. The lowest BCUT2D eigenvalue weighted by Crippen LogP contribution is -2.71. The third kappa shape index (κ3) is 7.04. The number of nitrogens with one attached hydrogen (secondary N) is 2. The van der Waals surface area contributed by atoms with Gasteiger partial charge in [0, 0.05) is 10.1 Å². The van der Waals surface area contributed by atoms with E-state index >= 15 is 0 Å². The minimum atomic E-state index is -1.81. The molecule has 1 aromatic carbocycles. The fourth-order valence-corrected chi connectivity index (χ4v) is 7.41. The normalized spacial score (nSPS) is 23.0. The molecule has 2 aromatic rings. The van der Waals surface area contributed by atoms with Gasteiger partial charge in [-0.15, -0.1) is 23.1 Å². The van der Waals surface area contributed by atoms with Crippen molar-refractivity contribution < 1.29 is 38.3 Å². The van der Waals surface area contributed by atoms with E-state index in [1.54, 1.807) is 37.4 Å². The number of fused-ring (bicyclic) bond motifs is 1. The number of benzene rings is 1. The summed E-state index contributed by atoms with van der Waals surface area (Å²) in [4.78, 5) is 76.0. The molecule has 3 amide bonds. The number of hydrogen-bond acceptors (Lipinski definition) is 14. The van der Waals surface area contributed by atoms with Crippen LogP contribution in [-0.4, -0.2) is 86.5 Å². The molecule has 3 fully saturated rings. The Morgan fingerprint density at radius 2 is 1.87 bits per heavy atom. The molecule has 15 nitrogen and oxygen atoms in total. The van der Waals surface area contributed by atoms with Crippen molar-refractivity contribution in [3.05, 3.63) is 47.0 Å². The highest BCUT2D eigenvalue weighted by Crippen LogP contribution is 2.51. The fraction of sp³-hybridized carbons (Fsp3) is 0.464. The molecule has 1 saturated carbocycles. The van der Waals surface area contributed by atoms with Gasteiger partial charge in [-0.2, -0.15) is 0 Å². The lowest BCUT2D eigenvalue weighted by Gasteiger charge is -2.44. The number of amides is 3. The van der Waals surface area contributed by atoms with Crippen LogP contribution in [-0.2, 0) is 33.5 Å². The van der Waals surface area contributed by atoms with Gasteiger partial charge in [-0.25, -0.2) is 14.6 Å². The Hall–Kier alpha value is -4.22. The second-order valence-electron chi connectivity index (χ2n) is 11.0. The molecule has 2 saturated heterocycles. The van der Waals surface area contributed by atoms with E-state index in [9.17, 15) is 24.0 Å². The maximum absolute atomic E-state index is 13.5. The molecule has 1 unspecified atom stereocenters. The van der Waals surface area contributed by atoms with Crippen molar-refractivity contribution in [3.8, 4) is 0 Å². The van der Waals surface area contributed by atoms with Crippen LogP contribution in [0, 0.1) is 0 Å². The van der Waals surface area contributed by atoms with Crippen molar-refractivity contribution in [1.82, 2.24) is 20.5 Å². The first-order chi connectivity index (χ1) is 21.5. The van der Waals surface area contributed by atoms with Crippen LogP contribution in [0.25, 0.3) is 0 Å². The average Bonchev–Trinajstić information content (AvgIpc) is 3.74. The summed E-state index contributed by atoms with van der Waals surface area (Å²) in [6.45, 7) is 3.01. The number of carbonyl (C=O) groups is 5. The van der Waals surface area contributed by atoms with Gasteiger partial charge < -0.3 is 36.0 Å². The van der Waals surface area contributed by atoms with Crippen LogP contribution in [0.3, 0.4) is 0 Å². The van der Waals surface area contributed by atoms with E-state index in [1.807, 2.05) is 0 Å². The summed E-state index contributed by atoms with van der Waals surface area (Å²) >= 11 is 2.41. The van der Waals surface area contributed by atoms with Crippen LogP contribution in [0.5, 0.6) is 0 Å². The number of oxime groups is 1. The third-order valence-corrected chi connectivity index (χ3v) is 9.68. The monoisotopic (exact) mass is 659 g/mol. The van der Waals surface area contributed by atoms with Crippen LogP contribution in [0.15, 0.2) is 40.9 Å². The number of β-lactam (4-membered cyclic amide) rings is 1. The average molecular weight is 660 g/mol. The number of nitrogen functional groups attached to an aromatic ring is 1. The molecule has 6 N–H and O–H groups in total. The van der Waals surface area contributed by atoms with Gasteiger partial charge in [-0.1, -0.05) is 23.4 Å². The van der Waals surface area contributed by atoms with E-state index in [-0.39, 0.29) is 28.2 Å². The Labute approximate surface area is 266 Å². The van der Waals surface area contributed by atoms with Crippen LogP contribution in [0.4, 0.5) is 5.13 Å². The number of esters is 2. The molecule has 3 heterocycles. The molecule has 4 atom stereocenters. The number of hydrogen-bond donors (Lipinski definition) is 4. The second kappa shape index (κ2) is 13.4. The van der Waals surface area contributed by atoms with E-state index in [2.05, 4.69) is 20.8 Å². The minimum Gasteiger partial charge on any atom is -0.404 e. The first-order valence-corrected chi connectivity index (χ1v) is 16.0. The molecule has 3 aliphatic rings. The molecule has 1 aromatic heterocycles. The highest BCUT2D eigenvalue weighted by molar-refractivity contribution is 8.01.